The second-order valence-electron chi connectivity index (χ2n) is 6.90. The van der Waals surface area contributed by atoms with Crippen LogP contribution in [0.1, 0.15) is 43.5 Å². The van der Waals surface area contributed by atoms with E-state index in [4.69, 9.17) is 0 Å². The van der Waals surface area contributed by atoms with E-state index >= 15 is 0 Å². The van der Waals surface area contributed by atoms with Gasteiger partial charge in [0.2, 0.25) is 17.6 Å². The molecule has 2 rings (SSSR count). The number of amides is 4. The average molecular weight is 403 g/mol. The van der Waals surface area contributed by atoms with E-state index in [0.29, 0.717) is 5.56 Å². The summed E-state index contributed by atoms with van der Waals surface area (Å²) in [6, 6.07) is 1.06. The second kappa shape index (κ2) is 10.3. The Balaban J connectivity index is 1.72. The number of ketones is 1. The number of aromatic nitrogens is 1. The maximum atomic E-state index is 12.2. The monoisotopic (exact) mass is 403 g/mol. The Morgan fingerprint density at radius 1 is 1.03 bits per heavy atom. The van der Waals surface area contributed by atoms with Crippen LogP contribution in [0.4, 0.5) is 0 Å². The highest BCUT2D eigenvalue weighted by Gasteiger charge is 2.28. The molecule has 0 aliphatic heterocycles. The van der Waals surface area contributed by atoms with Gasteiger partial charge in [-0.25, -0.2) is 0 Å². The van der Waals surface area contributed by atoms with E-state index in [9.17, 15) is 24.0 Å². The molecule has 10 nitrogen and oxygen atoms in total. The van der Waals surface area contributed by atoms with Crippen molar-refractivity contribution >= 4 is 29.4 Å². The standard InChI is InChI=1S/C19H25N5O5/c1-11(16(26)19(29)24-14-4-3-5-14)23-17(27)12(2)22-15(25)10-21-18(28)13-6-8-20-9-7-13/h6-9,11-12,14H,3-5,10H2,1-2H3,(H,21,28)(H,22,25)(H,23,27)(H,24,29)/t11?,12-/m0/s1. The number of nitrogens with one attached hydrogen (secondary N) is 4. The molecular formula is C19H25N5O5. The van der Waals surface area contributed by atoms with E-state index in [1.54, 1.807) is 0 Å². The highest BCUT2D eigenvalue weighted by atomic mass is 16.2. The average Bonchev–Trinajstić information content (AvgIpc) is 2.68. The van der Waals surface area contributed by atoms with Gasteiger partial charge in [-0.1, -0.05) is 0 Å². The maximum Gasteiger partial charge on any atom is 0.289 e. The lowest BCUT2D eigenvalue weighted by atomic mass is 9.93. The van der Waals surface area contributed by atoms with Gasteiger partial charge in [0.15, 0.2) is 0 Å². The highest BCUT2D eigenvalue weighted by molar-refractivity contribution is 6.38. The Kier molecular flexibility index (Phi) is 7.81. The van der Waals surface area contributed by atoms with Crippen LogP contribution in [0.5, 0.6) is 0 Å². The van der Waals surface area contributed by atoms with Crippen LogP contribution < -0.4 is 21.3 Å². The van der Waals surface area contributed by atoms with E-state index in [1.807, 2.05) is 0 Å². The van der Waals surface area contributed by atoms with Crippen molar-refractivity contribution in [1.29, 1.82) is 0 Å². The summed E-state index contributed by atoms with van der Waals surface area (Å²) in [6.45, 7) is 2.52. The number of Topliss-reactive ketones (excluding diaryl/α,β-unsaturated/α-hetero) is 1. The van der Waals surface area contributed by atoms with Crippen LogP contribution in [0, 0.1) is 0 Å². The third-order valence-electron chi connectivity index (χ3n) is 4.54. The van der Waals surface area contributed by atoms with E-state index in [0.717, 1.165) is 19.3 Å². The van der Waals surface area contributed by atoms with Gasteiger partial charge in [0.25, 0.3) is 11.8 Å². The van der Waals surface area contributed by atoms with Crippen molar-refractivity contribution < 1.29 is 24.0 Å². The SMILES string of the molecule is CC(NC(=O)[C@H](C)NC(=O)CNC(=O)c1ccncc1)C(=O)C(=O)NC1CCC1. The molecule has 0 radical (unpaired) electrons. The Labute approximate surface area is 168 Å². The zero-order chi connectivity index (χ0) is 21.4. The first kappa shape index (κ1) is 22.0. The number of rotatable bonds is 9. The summed E-state index contributed by atoms with van der Waals surface area (Å²) in [7, 11) is 0. The van der Waals surface area contributed by atoms with Crippen LogP contribution in [-0.2, 0) is 19.2 Å². The number of hydrogen-bond acceptors (Lipinski definition) is 6. The summed E-state index contributed by atoms with van der Waals surface area (Å²) in [5.74, 6) is -3.10. The van der Waals surface area contributed by atoms with Gasteiger partial charge in [0, 0.05) is 24.0 Å². The van der Waals surface area contributed by atoms with Crippen molar-refractivity contribution in [3.63, 3.8) is 0 Å². The molecule has 0 spiro atoms. The number of carbonyl (C=O) groups excluding carboxylic acids is 5. The van der Waals surface area contributed by atoms with Crippen LogP contribution in [0.3, 0.4) is 0 Å². The van der Waals surface area contributed by atoms with Gasteiger partial charge in [-0.15, -0.1) is 0 Å². The van der Waals surface area contributed by atoms with Gasteiger partial charge >= 0.3 is 0 Å². The number of pyridine rings is 1. The molecule has 4 amide bonds. The van der Waals surface area contributed by atoms with Crippen LogP contribution in [0.2, 0.25) is 0 Å². The van der Waals surface area contributed by atoms with E-state index < -0.39 is 41.5 Å². The van der Waals surface area contributed by atoms with Crippen molar-refractivity contribution in [2.45, 2.75) is 51.2 Å². The summed E-state index contributed by atoms with van der Waals surface area (Å²) in [5, 5.41) is 9.88. The quantitative estimate of drug-likeness (QED) is 0.391. The Bertz CT molecular complexity index is 778. The topological polar surface area (TPSA) is 146 Å². The lowest BCUT2D eigenvalue weighted by Gasteiger charge is -2.26. The molecule has 0 saturated heterocycles. The summed E-state index contributed by atoms with van der Waals surface area (Å²) in [5.41, 5.74) is 0.353. The fraction of sp³-hybridized carbons (Fsp3) is 0.474. The van der Waals surface area contributed by atoms with E-state index in [2.05, 4.69) is 26.3 Å². The molecule has 1 aromatic rings. The molecule has 1 heterocycles. The number of carbonyl (C=O) groups is 5. The Morgan fingerprint density at radius 2 is 1.69 bits per heavy atom. The summed E-state index contributed by atoms with van der Waals surface area (Å²) in [4.78, 5) is 63.7. The van der Waals surface area contributed by atoms with E-state index in [1.165, 1.54) is 38.4 Å². The van der Waals surface area contributed by atoms with Gasteiger partial charge in [0.1, 0.15) is 6.04 Å². The third-order valence-corrected chi connectivity index (χ3v) is 4.54. The zero-order valence-electron chi connectivity index (χ0n) is 16.4. The molecule has 1 aromatic heterocycles. The largest absolute Gasteiger partial charge is 0.347 e. The number of nitrogens with zero attached hydrogens (tertiary/aromatic N) is 1. The fourth-order valence-electron chi connectivity index (χ4n) is 2.53. The molecule has 1 aliphatic carbocycles. The zero-order valence-corrected chi connectivity index (χ0v) is 16.4. The lowest BCUT2D eigenvalue weighted by molar-refractivity contribution is -0.140. The van der Waals surface area contributed by atoms with Crippen LogP contribution >= 0.6 is 0 Å². The van der Waals surface area contributed by atoms with Crippen molar-refractivity contribution in [3.05, 3.63) is 30.1 Å². The van der Waals surface area contributed by atoms with Gasteiger partial charge in [0.05, 0.1) is 12.6 Å². The van der Waals surface area contributed by atoms with Crippen molar-refractivity contribution in [2.24, 2.45) is 0 Å². The number of hydrogen-bond donors (Lipinski definition) is 4. The van der Waals surface area contributed by atoms with Gasteiger partial charge in [-0.2, -0.15) is 0 Å². The predicted molar refractivity (Wildman–Crippen MR) is 103 cm³/mol. The first-order valence-corrected chi connectivity index (χ1v) is 9.40. The molecule has 10 heteroatoms. The Hall–Kier alpha value is -3.30. The molecule has 156 valence electrons. The van der Waals surface area contributed by atoms with Crippen molar-refractivity contribution in [2.75, 3.05) is 6.54 Å². The minimum atomic E-state index is -1.02. The molecule has 4 N–H and O–H groups in total. The van der Waals surface area contributed by atoms with E-state index in [-0.39, 0.29) is 12.6 Å². The molecule has 2 atom stereocenters. The minimum Gasteiger partial charge on any atom is -0.347 e. The van der Waals surface area contributed by atoms with Crippen LogP contribution in [0.15, 0.2) is 24.5 Å². The fourth-order valence-corrected chi connectivity index (χ4v) is 2.53. The van der Waals surface area contributed by atoms with Crippen molar-refractivity contribution in [1.82, 2.24) is 26.3 Å². The molecule has 0 bridgehead atoms. The first-order valence-electron chi connectivity index (χ1n) is 9.40. The lowest BCUT2D eigenvalue weighted by Crippen LogP contribution is -2.54. The van der Waals surface area contributed by atoms with Crippen molar-refractivity contribution in [3.8, 4) is 0 Å². The molecule has 29 heavy (non-hydrogen) atoms. The normalized spacial score (nSPS) is 15.2. The maximum absolute atomic E-state index is 12.2. The Morgan fingerprint density at radius 3 is 2.28 bits per heavy atom. The molecule has 1 fully saturated rings. The molecule has 0 aromatic carbocycles. The van der Waals surface area contributed by atoms with Gasteiger partial charge in [-0.05, 0) is 45.2 Å². The summed E-state index contributed by atoms with van der Waals surface area (Å²) < 4.78 is 0. The smallest absolute Gasteiger partial charge is 0.289 e. The summed E-state index contributed by atoms with van der Waals surface area (Å²) >= 11 is 0. The third kappa shape index (κ3) is 6.66. The highest BCUT2D eigenvalue weighted by Crippen LogP contribution is 2.17. The predicted octanol–water partition coefficient (Wildman–Crippen LogP) is -0.941. The van der Waals surface area contributed by atoms with Gasteiger partial charge < -0.3 is 21.3 Å². The second-order valence-corrected chi connectivity index (χ2v) is 6.90. The minimum absolute atomic E-state index is 0.0231. The summed E-state index contributed by atoms with van der Waals surface area (Å²) in [6.07, 6.45) is 5.62. The van der Waals surface area contributed by atoms with Gasteiger partial charge in [-0.3, -0.25) is 29.0 Å². The first-order chi connectivity index (χ1) is 13.8. The van der Waals surface area contributed by atoms with Crippen LogP contribution in [0.25, 0.3) is 0 Å². The molecule has 1 unspecified atom stereocenters. The molecular weight excluding hydrogens is 378 g/mol. The van der Waals surface area contributed by atoms with Crippen LogP contribution in [-0.4, -0.2) is 59.1 Å². The molecule has 1 saturated carbocycles. The molecule has 1 aliphatic rings.